The quantitative estimate of drug-likeness (QED) is 0.710. The molecular formula is C12H13N3O3. The van der Waals surface area contributed by atoms with Crippen molar-refractivity contribution in [3.05, 3.63) is 18.3 Å². The van der Waals surface area contributed by atoms with Gasteiger partial charge in [0.25, 0.3) is 0 Å². The molecule has 94 valence electrons. The number of anilines is 1. The van der Waals surface area contributed by atoms with Gasteiger partial charge in [-0.3, -0.25) is 5.10 Å². The second kappa shape index (κ2) is 4.14. The number of phenols is 1. The summed E-state index contributed by atoms with van der Waals surface area (Å²) < 4.78 is 11.0. The average Bonchev–Trinajstić information content (AvgIpc) is 2.65. The van der Waals surface area contributed by atoms with Crippen molar-refractivity contribution in [3.63, 3.8) is 0 Å². The van der Waals surface area contributed by atoms with E-state index in [4.69, 9.17) is 15.2 Å². The Balaban J connectivity index is 2.13. The van der Waals surface area contributed by atoms with Crippen molar-refractivity contribution in [1.82, 2.24) is 10.2 Å². The summed E-state index contributed by atoms with van der Waals surface area (Å²) in [5.74, 6) is 1.35. The third-order valence-corrected chi connectivity index (χ3v) is 2.85. The number of nitrogen functional groups attached to an aromatic ring is 1. The molecule has 1 aliphatic rings. The van der Waals surface area contributed by atoms with E-state index in [0.29, 0.717) is 41.7 Å². The summed E-state index contributed by atoms with van der Waals surface area (Å²) >= 11 is 0. The first kappa shape index (κ1) is 10.8. The summed E-state index contributed by atoms with van der Waals surface area (Å²) in [5, 5.41) is 16.7. The molecule has 2 heterocycles. The normalized spacial score (nSPS) is 14.2. The Kier molecular flexibility index (Phi) is 2.47. The van der Waals surface area contributed by atoms with E-state index in [9.17, 15) is 5.11 Å². The third-order valence-electron chi connectivity index (χ3n) is 2.85. The second-order valence-electron chi connectivity index (χ2n) is 4.04. The monoisotopic (exact) mass is 247 g/mol. The topological polar surface area (TPSA) is 93.4 Å². The summed E-state index contributed by atoms with van der Waals surface area (Å²) in [6.07, 6.45) is 2.35. The van der Waals surface area contributed by atoms with Gasteiger partial charge in [0.1, 0.15) is 5.82 Å². The first-order valence-corrected chi connectivity index (χ1v) is 5.68. The van der Waals surface area contributed by atoms with Crippen molar-refractivity contribution in [1.29, 1.82) is 0 Å². The van der Waals surface area contributed by atoms with Crippen LogP contribution in [0.25, 0.3) is 11.1 Å². The van der Waals surface area contributed by atoms with Crippen molar-refractivity contribution in [2.45, 2.75) is 6.42 Å². The molecule has 18 heavy (non-hydrogen) atoms. The molecule has 0 unspecified atom stereocenters. The van der Waals surface area contributed by atoms with Crippen LogP contribution in [0, 0.1) is 0 Å². The standard InChI is InChI=1S/C12H13N3O3/c13-12-8(6-14-15-12)7-2-3-9-11(10(7)16)18-5-1-4-17-9/h2-3,6,16H,1,4-5H2,(H3,13,14,15). The zero-order valence-corrected chi connectivity index (χ0v) is 9.64. The summed E-state index contributed by atoms with van der Waals surface area (Å²) in [7, 11) is 0. The number of aromatic nitrogens is 2. The minimum Gasteiger partial charge on any atom is -0.504 e. The fourth-order valence-corrected chi connectivity index (χ4v) is 1.95. The molecule has 2 aromatic rings. The predicted octanol–water partition coefficient (Wildman–Crippen LogP) is 1.53. The summed E-state index contributed by atoms with van der Waals surface area (Å²) in [4.78, 5) is 0. The molecule has 4 N–H and O–H groups in total. The van der Waals surface area contributed by atoms with Gasteiger partial charge in [-0.25, -0.2) is 0 Å². The van der Waals surface area contributed by atoms with Gasteiger partial charge in [-0.15, -0.1) is 0 Å². The highest BCUT2D eigenvalue weighted by Crippen LogP contribution is 2.45. The number of ether oxygens (including phenoxy) is 2. The minimum atomic E-state index is 0.0301. The Morgan fingerprint density at radius 3 is 2.83 bits per heavy atom. The van der Waals surface area contributed by atoms with Crippen molar-refractivity contribution in [2.24, 2.45) is 0 Å². The highest BCUT2D eigenvalue weighted by molar-refractivity contribution is 5.81. The Bertz CT molecular complexity index is 580. The zero-order valence-electron chi connectivity index (χ0n) is 9.64. The van der Waals surface area contributed by atoms with Gasteiger partial charge in [0.2, 0.25) is 5.75 Å². The largest absolute Gasteiger partial charge is 0.504 e. The predicted molar refractivity (Wildman–Crippen MR) is 65.7 cm³/mol. The molecule has 0 amide bonds. The van der Waals surface area contributed by atoms with Crippen LogP contribution < -0.4 is 15.2 Å². The van der Waals surface area contributed by atoms with Gasteiger partial charge in [-0.1, -0.05) is 0 Å². The lowest BCUT2D eigenvalue weighted by atomic mass is 10.1. The number of hydrogen-bond acceptors (Lipinski definition) is 5. The van der Waals surface area contributed by atoms with Crippen LogP contribution in [-0.2, 0) is 0 Å². The number of rotatable bonds is 1. The lowest BCUT2D eigenvalue weighted by molar-refractivity contribution is 0.291. The van der Waals surface area contributed by atoms with E-state index in [-0.39, 0.29) is 5.75 Å². The summed E-state index contributed by atoms with van der Waals surface area (Å²) in [5.41, 5.74) is 6.96. The lowest BCUT2D eigenvalue weighted by Gasteiger charge is -2.12. The molecule has 0 saturated carbocycles. The molecule has 3 rings (SSSR count). The Labute approximate surface area is 103 Å². The Morgan fingerprint density at radius 2 is 2.06 bits per heavy atom. The lowest BCUT2D eigenvalue weighted by Crippen LogP contribution is -1.97. The third kappa shape index (κ3) is 1.62. The van der Waals surface area contributed by atoms with Crippen molar-refractivity contribution < 1.29 is 14.6 Å². The minimum absolute atomic E-state index is 0.0301. The van der Waals surface area contributed by atoms with Crippen molar-refractivity contribution in [3.8, 4) is 28.4 Å². The van der Waals surface area contributed by atoms with Crippen molar-refractivity contribution >= 4 is 5.82 Å². The molecule has 0 saturated heterocycles. The zero-order chi connectivity index (χ0) is 12.5. The SMILES string of the molecule is Nc1[nH]ncc1-c1ccc2c(c1O)OCCCO2. The Morgan fingerprint density at radius 1 is 1.22 bits per heavy atom. The maximum atomic E-state index is 10.3. The first-order chi connectivity index (χ1) is 8.77. The first-order valence-electron chi connectivity index (χ1n) is 5.68. The van der Waals surface area contributed by atoms with Gasteiger partial charge in [0.15, 0.2) is 11.5 Å². The number of phenolic OH excluding ortho intramolecular Hbond substituents is 1. The molecule has 0 fully saturated rings. The molecule has 6 heteroatoms. The fourth-order valence-electron chi connectivity index (χ4n) is 1.95. The number of nitrogens with zero attached hydrogens (tertiary/aromatic N) is 1. The molecule has 1 aromatic heterocycles. The van der Waals surface area contributed by atoms with Gasteiger partial charge in [-0.2, -0.15) is 5.10 Å². The number of benzene rings is 1. The average molecular weight is 247 g/mol. The number of H-pyrrole nitrogens is 1. The van der Waals surface area contributed by atoms with E-state index in [1.807, 2.05) is 0 Å². The van der Waals surface area contributed by atoms with Crippen LogP contribution in [-0.4, -0.2) is 28.5 Å². The van der Waals surface area contributed by atoms with Gasteiger partial charge in [-0.05, 0) is 12.1 Å². The van der Waals surface area contributed by atoms with Gasteiger partial charge in [0, 0.05) is 17.5 Å². The highest BCUT2D eigenvalue weighted by atomic mass is 16.5. The van der Waals surface area contributed by atoms with E-state index >= 15 is 0 Å². The smallest absolute Gasteiger partial charge is 0.203 e. The summed E-state index contributed by atoms with van der Waals surface area (Å²) in [6, 6.07) is 3.51. The van der Waals surface area contributed by atoms with Crippen LogP contribution in [0.4, 0.5) is 5.82 Å². The number of fused-ring (bicyclic) bond motifs is 1. The number of hydrogen-bond donors (Lipinski definition) is 3. The Hall–Kier alpha value is -2.37. The van der Waals surface area contributed by atoms with Gasteiger partial charge < -0.3 is 20.3 Å². The molecule has 0 bridgehead atoms. The maximum Gasteiger partial charge on any atom is 0.203 e. The molecule has 1 aromatic carbocycles. The molecule has 0 aliphatic carbocycles. The van der Waals surface area contributed by atoms with E-state index < -0.39 is 0 Å². The molecule has 0 atom stereocenters. The van der Waals surface area contributed by atoms with Gasteiger partial charge >= 0.3 is 0 Å². The molecule has 1 aliphatic heterocycles. The van der Waals surface area contributed by atoms with Crippen LogP contribution in [0.1, 0.15) is 6.42 Å². The van der Waals surface area contributed by atoms with Crippen LogP contribution in [0.3, 0.4) is 0 Å². The molecule has 0 radical (unpaired) electrons. The molecule has 6 nitrogen and oxygen atoms in total. The van der Waals surface area contributed by atoms with E-state index in [2.05, 4.69) is 10.2 Å². The number of nitrogens with one attached hydrogen (secondary N) is 1. The fraction of sp³-hybridized carbons (Fsp3) is 0.250. The van der Waals surface area contributed by atoms with E-state index in [1.54, 1.807) is 18.3 Å². The maximum absolute atomic E-state index is 10.3. The van der Waals surface area contributed by atoms with Crippen LogP contribution in [0.15, 0.2) is 18.3 Å². The van der Waals surface area contributed by atoms with Gasteiger partial charge in [0.05, 0.1) is 19.4 Å². The number of aromatic hydroxyl groups is 1. The number of nitrogens with two attached hydrogens (primary N) is 1. The van der Waals surface area contributed by atoms with E-state index in [0.717, 1.165) is 6.42 Å². The summed E-state index contributed by atoms with van der Waals surface area (Å²) in [6.45, 7) is 1.10. The van der Waals surface area contributed by atoms with Crippen LogP contribution in [0.5, 0.6) is 17.2 Å². The van der Waals surface area contributed by atoms with E-state index in [1.165, 1.54) is 0 Å². The highest BCUT2D eigenvalue weighted by Gasteiger charge is 2.20. The molecule has 0 spiro atoms. The second-order valence-corrected chi connectivity index (χ2v) is 4.04. The number of aromatic amines is 1. The molecular weight excluding hydrogens is 234 g/mol. The van der Waals surface area contributed by atoms with Crippen LogP contribution >= 0.6 is 0 Å². The van der Waals surface area contributed by atoms with Crippen LogP contribution in [0.2, 0.25) is 0 Å². The van der Waals surface area contributed by atoms with Crippen molar-refractivity contribution in [2.75, 3.05) is 18.9 Å².